The minimum absolute atomic E-state index is 0.138. The Hall–Kier alpha value is -0.790. The van der Waals surface area contributed by atoms with E-state index in [1.807, 2.05) is 0 Å². The average molecular weight is 355 g/mol. The van der Waals surface area contributed by atoms with E-state index in [4.69, 9.17) is 4.74 Å². The molecule has 0 N–H and O–H groups in total. The van der Waals surface area contributed by atoms with Crippen molar-refractivity contribution in [1.29, 1.82) is 0 Å². The zero-order valence-corrected chi connectivity index (χ0v) is 16.5. The summed E-state index contributed by atoms with van der Waals surface area (Å²) in [4.78, 5) is 13.2. The van der Waals surface area contributed by atoms with Gasteiger partial charge in [-0.05, 0) is 113 Å². The smallest absolute Gasteiger partial charge is 0.309 e. The lowest BCUT2D eigenvalue weighted by Crippen LogP contribution is -2.57. The minimum atomic E-state index is -0.283. The van der Waals surface area contributed by atoms with Gasteiger partial charge in [0.15, 0.2) is 0 Å². The molecule has 7 rings (SSSR count). The first-order valence-corrected chi connectivity index (χ1v) is 11.3. The van der Waals surface area contributed by atoms with Gasteiger partial charge in [0.1, 0.15) is 5.60 Å². The van der Waals surface area contributed by atoms with Gasteiger partial charge in [0, 0.05) is 5.41 Å². The fraction of sp³-hybridized carbons (Fsp3) is 0.875. The predicted octanol–water partition coefficient (Wildman–Crippen LogP) is 5.37. The number of allylic oxidation sites excluding steroid dienone is 2. The highest BCUT2D eigenvalue weighted by molar-refractivity contribution is 5.73. The minimum Gasteiger partial charge on any atom is -0.459 e. The van der Waals surface area contributed by atoms with E-state index in [-0.39, 0.29) is 22.9 Å². The Labute approximate surface area is 158 Å². The maximum absolute atomic E-state index is 13.2. The van der Waals surface area contributed by atoms with Crippen molar-refractivity contribution in [2.24, 2.45) is 52.8 Å². The molecule has 0 heterocycles. The number of hydrogen-bond donors (Lipinski definition) is 0. The fourth-order valence-corrected chi connectivity index (χ4v) is 8.96. The number of hydrogen-bond acceptors (Lipinski definition) is 2. The number of esters is 1. The summed E-state index contributed by atoms with van der Waals surface area (Å²) in [5.74, 6) is 6.10. The lowest BCUT2D eigenvalue weighted by molar-refractivity contribution is -0.202. The summed E-state index contributed by atoms with van der Waals surface area (Å²) in [6.45, 7) is 4.50. The molecule has 0 amide bonds. The second-order valence-electron chi connectivity index (χ2n) is 11.6. The van der Waals surface area contributed by atoms with Gasteiger partial charge in [0.25, 0.3) is 0 Å². The van der Waals surface area contributed by atoms with Crippen molar-refractivity contribution in [1.82, 2.24) is 0 Å². The Balaban J connectivity index is 1.18. The SMILES string of the molecule is CC(C)(OC(=O)C1CC2C3C=CC(C3)C2C1)C12CC3CC(CC(C3)C1)C2. The number of fused-ring (bicyclic) bond motifs is 5. The third-order valence-electron chi connectivity index (χ3n) is 9.92. The van der Waals surface area contributed by atoms with Crippen LogP contribution in [0.15, 0.2) is 12.2 Å². The van der Waals surface area contributed by atoms with Crippen molar-refractivity contribution in [3.63, 3.8) is 0 Å². The van der Waals surface area contributed by atoms with Gasteiger partial charge in [0.2, 0.25) is 0 Å². The Morgan fingerprint density at radius 3 is 1.85 bits per heavy atom. The molecule has 2 heteroatoms. The second kappa shape index (κ2) is 5.17. The summed E-state index contributed by atoms with van der Waals surface area (Å²) >= 11 is 0. The van der Waals surface area contributed by atoms with Crippen LogP contribution in [0.1, 0.15) is 71.6 Å². The number of rotatable bonds is 3. The third-order valence-corrected chi connectivity index (χ3v) is 9.92. The molecule has 0 aromatic heterocycles. The van der Waals surface area contributed by atoms with Crippen LogP contribution in [0.5, 0.6) is 0 Å². The lowest BCUT2D eigenvalue weighted by atomic mass is 9.46. The van der Waals surface area contributed by atoms with Crippen molar-refractivity contribution in [2.45, 2.75) is 77.2 Å². The molecule has 7 aliphatic rings. The Morgan fingerprint density at radius 1 is 0.846 bits per heavy atom. The molecule has 4 atom stereocenters. The van der Waals surface area contributed by atoms with Crippen molar-refractivity contribution < 1.29 is 9.53 Å². The highest BCUT2D eigenvalue weighted by atomic mass is 16.6. The van der Waals surface area contributed by atoms with E-state index >= 15 is 0 Å². The summed E-state index contributed by atoms with van der Waals surface area (Å²) in [5.41, 5.74) is -0.0124. The van der Waals surface area contributed by atoms with Crippen LogP contribution in [0.3, 0.4) is 0 Å². The molecule has 4 unspecified atom stereocenters. The Bertz CT molecular complexity index is 604. The molecular weight excluding hydrogens is 320 g/mol. The molecule has 26 heavy (non-hydrogen) atoms. The van der Waals surface area contributed by atoms with Crippen LogP contribution in [0, 0.1) is 52.8 Å². The van der Waals surface area contributed by atoms with Crippen LogP contribution >= 0.6 is 0 Å². The first-order chi connectivity index (χ1) is 12.4. The van der Waals surface area contributed by atoms with Gasteiger partial charge in [-0.1, -0.05) is 12.2 Å². The molecule has 0 aromatic rings. The predicted molar refractivity (Wildman–Crippen MR) is 101 cm³/mol. The standard InChI is InChI=1S/C24H34O2/c1-23(2,24-11-14-5-15(12-24)7-16(6-14)13-24)26-22(25)19-9-20-17-3-4-18(8-17)21(20)10-19/h3-4,14-21H,5-13H2,1-2H3. The fourth-order valence-electron chi connectivity index (χ4n) is 8.96. The summed E-state index contributed by atoms with van der Waals surface area (Å²) < 4.78 is 6.40. The van der Waals surface area contributed by atoms with Crippen LogP contribution in [-0.4, -0.2) is 11.6 Å². The van der Waals surface area contributed by atoms with E-state index in [2.05, 4.69) is 26.0 Å². The average Bonchev–Trinajstić information content (AvgIpc) is 3.26. The van der Waals surface area contributed by atoms with E-state index in [0.29, 0.717) is 0 Å². The summed E-state index contributed by atoms with van der Waals surface area (Å²) in [6.07, 6.45) is 16.7. The van der Waals surface area contributed by atoms with Gasteiger partial charge >= 0.3 is 5.97 Å². The van der Waals surface area contributed by atoms with Gasteiger partial charge in [-0.25, -0.2) is 0 Å². The van der Waals surface area contributed by atoms with Crippen molar-refractivity contribution in [3.8, 4) is 0 Å². The van der Waals surface area contributed by atoms with Gasteiger partial charge < -0.3 is 4.74 Å². The molecule has 6 fully saturated rings. The monoisotopic (exact) mass is 354 g/mol. The third kappa shape index (κ3) is 2.14. The molecule has 6 saturated carbocycles. The van der Waals surface area contributed by atoms with E-state index in [9.17, 15) is 4.79 Å². The molecule has 142 valence electrons. The molecule has 0 aromatic carbocycles. The first kappa shape index (κ1) is 16.2. The highest BCUT2D eigenvalue weighted by Gasteiger charge is 2.59. The largest absolute Gasteiger partial charge is 0.459 e. The van der Waals surface area contributed by atoms with Gasteiger partial charge in [-0.3, -0.25) is 4.79 Å². The summed E-state index contributed by atoms with van der Waals surface area (Å²) in [5, 5.41) is 0. The molecule has 0 saturated heterocycles. The second-order valence-corrected chi connectivity index (χ2v) is 11.6. The van der Waals surface area contributed by atoms with Crippen molar-refractivity contribution >= 4 is 5.97 Å². The molecule has 2 nitrogen and oxygen atoms in total. The maximum atomic E-state index is 13.2. The van der Waals surface area contributed by atoms with Gasteiger partial charge in [-0.15, -0.1) is 0 Å². The van der Waals surface area contributed by atoms with Crippen LogP contribution in [0.25, 0.3) is 0 Å². The normalized spacial score (nSPS) is 53.3. The molecular formula is C24H34O2. The van der Waals surface area contributed by atoms with E-state index in [1.54, 1.807) is 0 Å². The first-order valence-electron chi connectivity index (χ1n) is 11.3. The van der Waals surface area contributed by atoms with Crippen molar-refractivity contribution in [3.05, 3.63) is 12.2 Å². The molecule has 0 aliphatic heterocycles. The Kier molecular flexibility index (Phi) is 3.22. The van der Waals surface area contributed by atoms with Gasteiger partial charge in [0.05, 0.1) is 5.92 Å². The van der Waals surface area contributed by atoms with Gasteiger partial charge in [-0.2, -0.15) is 0 Å². The summed E-state index contributed by atoms with van der Waals surface area (Å²) in [7, 11) is 0. The van der Waals surface area contributed by atoms with E-state index in [0.717, 1.165) is 54.3 Å². The topological polar surface area (TPSA) is 26.3 Å². The molecule has 7 aliphatic carbocycles. The maximum Gasteiger partial charge on any atom is 0.309 e. The number of carbonyl (C=O) groups is 1. The van der Waals surface area contributed by atoms with Crippen LogP contribution in [-0.2, 0) is 9.53 Å². The number of carbonyl (C=O) groups excluding carboxylic acids is 1. The Morgan fingerprint density at radius 2 is 1.35 bits per heavy atom. The zero-order chi connectivity index (χ0) is 17.7. The van der Waals surface area contributed by atoms with Crippen LogP contribution in [0.4, 0.5) is 0 Å². The lowest BCUT2D eigenvalue weighted by Gasteiger charge is -2.61. The zero-order valence-electron chi connectivity index (χ0n) is 16.5. The van der Waals surface area contributed by atoms with E-state index < -0.39 is 0 Å². The quantitative estimate of drug-likeness (QED) is 0.503. The number of ether oxygens (including phenoxy) is 1. The molecule has 6 bridgehead atoms. The van der Waals surface area contributed by atoms with Crippen LogP contribution < -0.4 is 0 Å². The highest BCUT2D eigenvalue weighted by Crippen LogP contribution is 2.64. The molecule has 0 radical (unpaired) electrons. The molecule has 0 spiro atoms. The van der Waals surface area contributed by atoms with Crippen molar-refractivity contribution in [2.75, 3.05) is 0 Å². The van der Waals surface area contributed by atoms with Crippen LogP contribution in [0.2, 0.25) is 0 Å². The summed E-state index contributed by atoms with van der Waals surface area (Å²) in [6, 6.07) is 0. The van der Waals surface area contributed by atoms with E-state index in [1.165, 1.54) is 44.9 Å².